The minimum Gasteiger partial charge on any atom is -0.450 e. The highest BCUT2D eigenvalue weighted by molar-refractivity contribution is 7.89. The fourth-order valence-corrected chi connectivity index (χ4v) is 3.04. The Bertz CT molecular complexity index is 941. The zero-order valence-corrected chi connectivity index (χ0v) is 16.7. The quantitative estimate of drug-likeness (QED) is 0.766. The van der Waals surface area contributed by atoms with Gasteiger partial charge in [-0.05, 0) is 55.8 Å². The van der Waals surface area contributed by atoms with Crippen LogP contribution in [0, 0.1) is 0 Å². The van der Waals surface area contributed by atoms with Crippen molar-refractivity contribution in [1.82, 2.24) is 4.90 Å². The molecule has 0 fully saturated rings. The van der Waals surface area contributed by atoms with Crippen LogP contribution in [0.25, 0.3) is 0 Å². The van der Waals surface area contributed by atoms with Crippen LogP contribution in [-0.2, 0) is 14.8 Å². The Morgan fingerprint density at radius 3 is 2.18 bits per heavy atom. The number of primary sulfonamides is 1. The van der Waals surface area contributed by atoms with Crippen molar-refractivity contribution in [1.29, 1.82) is 0 Å². The average Bonchev–Trinajstić information content (AvgIpc) is 2.66. The lowest BCUT2D eigenvalue weighted by atomic mass is 10.1. The molecule has 0 aromatic heterocycles. The van der Waals surface area contributed by atoms with E-state index < -0.39 is 16.1 Å². The van der Waals surface area contributed by atoms with Crippen molar-refractivity contribution in [3.8, 4) is 0 Å². The van der Waals surface area contributed by atoms with E-state index in [1.807, 2.05) is 6.92 Å². The third kappa shape index (κ3) is 5.30. The Labute approximate surface area is 164 Å². The summed E-state index contributed by atoms with van der Waals surface area (Å²) in [6, 6.07) is 12.2. The highest BCUT2D eigenvalue weighted by atomic mass is 32.2. The minimum atomic E-state index is -3.76. The van der Waals surface area contributed by atoms with Gasteiger partial charge in [-0.15, -0.1) is 0 Å². The van der Waals surface area contributed by atoms with Crippen molar-refractivity contribution in [3.63, 3.8) is 0 Å². The van der Waals surface area contributed by atoms with Crippen molar-refractivity contribution in [3.05, 3.63) is 59.7 Å². The van der Waals surface area contributed by atoms with E-state index in [9.17, 15) is 18.0 Å². The van der Waals surface area contributed by atoms with Gasteiger partial charge < -0.3 is 9.64 Å². The predicted octanol–water partition coefficient (Wildman–Crippen LogP) is 2.74. The number of anilines is 1. The highest BCUT2D eigenvalue weighted by Gasteiger charge is 2.19. The third-order valence-electron chi connectivity index (χ3n) is 4.25. The van der Waals surface area contributed by atoms with Gasteiger partial charge in [0.2, 0.25) is 10.0 Å². The Morgan fingerprint density at radius 2 is 1.68 bits per heavy atom. The molecule has 9 heteroatoms. The third-order valence-corrected chi connectivity index (χ3v) is 5.18. The molecule has 2 rings (SSSR count). The minimum absolute atomic E-state index is 0.0159. The highest BCUT2D eigenvalue weighted by Crippen LogP contribution is 2.22. The van der Waals surface area contributed by atoms with Gasteiger partial charge in [0.1, 0.15) is 0 Å². The van der Waals surface area contributed by atoms with Crippen molar-refractivity contribution >= 4 is 27.7 Å². The van der Waals surface area contributed by atoms with Gasteiger partial charge in [-0.3, -0.25) is 10.1 Å². The van der Waals surface area contributed by atoms with Gasteiger partial charge in [0.25, 0.3) is 5.91 Å². The molecule has 2 aromatic rings. The Balaban J connectivity index is 2.09. The number of carbonyl (C=O) groups excluding carboxylic acids is 2. The largest absolute Gasteiger partial charge is 0.450 e. The zero-order chi connectivity index (χ0) is 20.9. The van der Waals surface area contributed by atoms with Crippen molar-refractivity contribution in [2.45, 2.75) is 24.8 Å². The average molecular weight is 405 g/mol. The number of carbonyl (C=O) groups is 2. The molecule has 0 bridgehead atoms. The summed E-state index contributed by atoms with van der Waals surface area (Å²) < 4.78 is 27.5. The van der Waals surface area contributed by atoms with Crippen molar-refractivity contribution in [2.75, 3.05) is 19.0 Å². The van der Waals surface area contributed by atoms with Crippen LogP contribution >= 0.6 is 0 Å². The molecule has 150 valence electrons. The van der Waals surface area contributed by atoms with E-state index in [-0.39, 0.29) is 23.5 Å². The van der Waals surface area contributed by atoms with Crippen LogP contribution in [-0.4, -0.2) is 39.0 Å². The summed E-state index contributed by atoms with van der Waals surface area (Å²) in [5, 5.41) is 7.66. The molecule has 3 N–H and O–H groups in total. The fraction of sp³-hybridized carbons (Fsp3) is 0.263. The van der Waals surface area contributed by atoms with E-state index in [0.29, 0.717) is 11.3 Å². The number of hydrogen-bond donors (Lipinski definition) is 2. The number of ether oxygens (including phenoxy) is 1. The predicted molar refractivity (Wildman–Crippen MR) is 105 cm³/mol. The molecule has 0 spiro atoms. The SMILES string of the molecule is CCOC(=O)Nc1ccc(C(=O)N(C)C(C)c2ccc(S(N)(=O)=O)cc2)cc1. The number of nitrogens with one attached hydrogen (secondary N) is 1. The molecule has 0 saturated carbocycles. The Hall–Kier alpha value is -2.91. The van der Waals surface area contributed by atoms with E-state index in [0.717, 1.165) is 5.56 Å². The van der Waals surface area contributed by atoms with Crippen LogP contribution in [0.1, 0.15) is 35.8 Å². The lowest BCUT2D eigenvalue weighted by Crippen LogP contribution is -2.29. The molecule has 1 atom stereocenters. The molecule has 2 aromatic carbocycles. The number of nitrogens with two attached hydrogens (primary N) is 1. The molecule has 8 nitrogen and oxygen atoms in total. The first kappa shape index (κ1) is 21.4. The lowest BCUT2D eigenvalue weighted by molar-refractivity contribution is 0.0742. The first-order chi connectivity index (χ1) is 13.1. The standard InChI is InChI=1S/C19H23N3O5S/c1-4-27-19(24)21-16-9-5-15(6-10-16)18(23)22(3)13(2)14-7-11-17(12-8-14)28(20,25)26/h5-13H,4H2,1-3H3,(H,21,24)(H2,20,25,26). The first-order valence-electron chi connectivity index (χ1n) is 8.57. The summed E-state index contributed by atoms with van der Waals surface area (Å²) >= 11 is 0. The summed E-state index contributed by atoms with van der Waals surface area (Å²) in [5.41, 5.74) is 1.73. The molecule has 0 aliphatic carbocycles. The molecular formula is C19H23N3O5S. The molecule has 0 saturated heterocycles. The maximum atomic E-state index is 12.7. The molecular weight excluding hydrogens is 382 g/mol. The smallest absolute Gasteiger partial charge is 0.411 e. The monoisotopic (exact) mass is 405 g/mol. The van der Waals surface area contributed by atoms with E-state index in [1.54, 1.807) is 55.3 Å². The molecule has 0 aliphatic rings. The van der Waals surface area contributed by atoms with Crippen LogP contribution in [0.3, 0.4) is 0 Å². The van der Waals surface area contributed by atoms with Gasteiger partial charge in [-0.2, -0.15) is 0 Å². The number of hydrogen-bond acceptors (Lipinski definition) is 5. The van der Waals surface area contributed by atoms with E-state index >= 15 is 0 Å². The molecule has 1 unspecified atom stereocenters. The van der Waals surface area contributed by atoms with Gasteiger partial charge in [0.05, 0.1) is 17.5 Å². The summed E-state index contributed by atoms with van der Waals surface area (Å²) in [4.78, 5) is 25.7. The van der Waals surface area contributed by atoms with E-state index in [2.05, 4.69) is 5.32 Å². The summed E-state index contributed by atoms with van der Waals surface area (Å²) in [6.45, 7) is 3.81. The van der Waals surface area contributed by atoms with Gasteiger partial charge in [-0.1, -0.05) is 12.1 Å². The second-order valence-corrected chi connectivity index (χ2v) is 7.69. The number of amides is 2. The summed E-state index contributed by atoms with van der Waals surface area (Å²) in [6.07, 6.45) is -0.560. The van der Waals surface area contributed by atoms with Crippen LogP contribution in [0.2, 0.25) is 0 Å². The van der Waals surface area contributed by atoms with Crippen LogP contribution < -0.4 is 10.5 Å². The summed E-state index contributed by atoms with van der Waals surface area (Å²) in [7, 11) is -2.10. The normalized spacial score (nSPS) is 12.1. The number of benzene rings is 2. The van der Waals surface area contributed by atoms with Crippen LogP contribution in [0.15, 0.2) is 53.4 Å². The second kappa shape index (κ2) is 8.85. The molecule has 0 heterocycles. The topological polar surface area (TPSA) is 119 Å². The maximum Gasteiger partial charge on any atom is 0.411 e. The Morgan fingerprint density at radius 1 is 1.11 bits per heavy atom. The van der Waals surface area contributed by atoms with Crippen molar-refractivity contribution in [2.24, 2.45) is 5.14 Å². The van der Waals surface area contributed by atoms with Gasteiger partial charge in [0.15, 0.2) is 0 Å². The van der Waals surface area contributed by atoms with Gasteiger partial charge in [-0.25, -0.2) is 18.4 Å². The lowest BCUT2D eigenvalue weighted by Gasteiger charge is -2.25. The van der Waals surface area contributed by atoms with Crippen LogP contribution in [0.4, 0.5) is 10.5 Å². The van der Waals surface area contributed by atoms with Gasteiger partial charge in [0, 0.05) is 18.3 Å². The number of nitrogens with zero attached hydrogens (tertiary/aromatic N) is 1. The second-order valence-electron chi connectivity index (χ2n) is 6.13. The number of rotatable bonds is 6. The van der Waals surface area contributed by atoms with Crippen LogP contribution in [0.5, 0.6) is 0 Å². The first-order valence-corrected chi connectivity index (χ1v) is 10.1. The fourth-order valence-electron chi connectivity index (χ4n) is 2.52. The molecule has 0 radical (unpaired) electrons. The molecule has 2 amide bonds. The number of sulfonamides is 1. The Kier molecular flexibility index (Phi) is 6.76. The maximum absolute atomic E-state index is 12.7. The van der Waals surface area contributed by atoms with Crippen molar-refractivity contribution < 1.29 is 22.7 Å². The summed E-state index contributed by atoms with van der Waals surface area (Å²) in [5.74, 6) is -0.217. The molecule has 28 heavy (non-hydrogen) atoms. The zero-order valence-electron chi connectivity index (χ0n) is 15.9. The van der Waals surface area contributed by atoms with E-state index in [4.69, 9.17) is 9.88 Å². The van der Waals surface area contributed by atoms with Gasteiger partial charge >= 0.3 is 6.09 Å². The van der Waals surface area contributed by atoms with E-state index in [1.165, 1.54) is 12.1 Å². The molecule has 0 aliphatic heterocycles.